The van der Waals surface area contributed by atoms with Gasteiger partial charge >= 0.3 is 0 Å². The van der Waals surface area contributed by atoms with Gasteiger partial charge in [0.25, 0.3) is 0 Å². The summed E-state index contributed by atoms with van der Waals surface area (Å²) in [6, 6.07) is -8.37. The number of rotatable bonds is 45. The zero-order valence-electron chi connectivity index (χ0n) is 46.9. The fourth-order valence-electron chi connectivity index (χ4n) is 8.76. The highest BCUT2D eigenvalue weighted by molar-refractivity contribution is 5.97. The Kier molecular flexibility index (Phi) is 35.9. The summed E-state index contributed by atoms with van der Waals surface area (Å²) in [7, 11) is 0. The third-order valence-corrected chi connectivity index (χ3v) is 13.2. The predicted molar refractivity (Wildman–Crippen MR) is 297 cm³/mol. The number of aromatic amines is 2. The number of aliphatic hydroxyl groups excluding tert-OH is 2. The van der Waals surface area contributed by atoms with Gasteiger partial charge in [-0.2, -0.15) is 0 Å². The Labute approximate surface area is 461 Å². The van der Waals surface area contributed by atoms with Gasteiger partial charge in [0.15, 0.2) is 0 Å². The van der Waals surface area contributed by atoms with E-state index in [0.717, 1.165) is 25.0 Å². The molecule has 0 bridgehead atoms. The summed E-state index contributed by atoms with van der Waals surface area (Å²) in [6.45, 7) is 6.14. The minimum atomic E-state index is -1.63. The fourth-order valence-corrected chi connectivity index (χ4v) is 8.76. The van der Waals surface area contributed by atoms with Gasteiger partial charge in [-0.1, -0.05) is 97.8 Å². The van der Waals surface area contributed by atoms with Crippen LogP contribution < -0.4 is 54.0 Å². The number of amides is 8. The van der Waals surface area contributed by atoms with Crippen LogP contribution in [0.5, 0.6) is 0 Å². The predicted octanol–water partition coefficient (Wildman–Crippen LogP) is 1.22. The average Bonchev–Trinajstić information content (AvgIpc) is 4.14. The van der Waals surface area contributed by atoms with Crippen LogP contribution in [0.3, 0.4) is 0 Å². The summed E-state index contributed by atoms with van der Waals surface area (Å²) in [6.07, 6.45) is 24.2. The standard InChI is InChI=1S/C54H96N14O10/c1-5-6-7-8-9-10-11-12-13-14-15-16-17-24-47(71)63-42(23-19-21-26-56)50(74)65-43(27-37(2)3)51(75)67-46(34-70)54(78)66-44(29-40-31-58-36-61-40)52(76)68-45(33-69)53(77)64-41(22-18-20-25-55)49(73)59-32-48(72)62-38(4)28-39-30-57-35-60-39/h30-31,35-38,41-46,69-70H,5-29,32-34,55-56H2,1-4H3,(H,57,60)(H,58,61)(H,59,73)(H,62,72)(H,63,71)(H,64,77)(H,65,74)(H,66,78)(H,67,75)(H,68,76)/t38-,41+,42?,43+,44+,45+,46+/m1/s1. The number of aromatic nitrogens is 4. The molecule has 442 valence electrons. The summed E-state index contributed by atoms with van der Waals surface area (Å²) in [5.74, 6) is -5.87. The van der Waals surface area contributed by atoms with E-state index in [1.54, 1.807) is 13.1 Å². The van der Waals surface area contributed by atoms with Gasteiger partial charge in [-0.3, -0.25) is 38.4 Å². The van der Waals surface area contributed by atoms with Crippen LogP contribution in [-0.4, -0.2) is 153 Å². The van der Waals surface area contributed by atoms with Crippen molar-refractivity contribution in [2.24, 2.45) is 17.4 Å². The third-order valence-electron chi connectivity index (χ3n) is 13.2. The number of nitrogens with two attached hydrogens (primary N) is 2. The van der Waals surface area contributed by atoms with Crippen LogP contribution in [-0.2, 0) is 51.2 Å². The Morgan fingerprint density at radius 2 is 0.910 bits per heavy atom. The summed E-state index contributed by atoms with van der Waals surface area (Å²) in [5, 5.41) is 41.6. The molecule has 0 aromatic carbocycles. The van der Waals surface area contributed by atoms with Crippen molar-refractivity contribution in [1.29, 1.82) is 0 Å². The van der Waals surface area contributed by atoms with E-state index < -0.39 is 97.4 Å². The molecule has 7 atom stereocenters. The molecular weight excluding hydrogens is 1000 g/mol. The second-order valence-corrected chi connectivity index (χ2v) is 20.7. The Bertz CT molecular complexity index is 2010. The normalized spacial score (nSPS) is 14.0. The first-order valence-corrected chi connectivity index (χ1v) is 28.5. The molecule has 0 spiro atoms. The van der Waals surface area contributed by atoms with Crippen molar-refractivity contribution in [1.82, 2.24) is 62.5 Å². The first-order valence-electron chi connectivity index (χ1n) is 28.5. The van der Waals surface area contributed by atoms with Gasteiger partial charge in [-0.15, -0.1) is 0 Å². The minimum absolute atomic E-state index is 0.110. The van der Waals surface area contributed by atoms with E-state index in [1.165, 1.54) is 76.6 Å². The smallest absolute Gasteiger partial charge is 0.245 e. The van der Waals surface area contributed by atoms with Crippen LogP contribution in [0.15, 0.2) is 25.0 Å². The van der Waals surface area contributed by atoms with Gasteiger partial charge in [-0.05, 0) is 77.3 Å². The highest BCUT2D eigenvalue weighted by atomic mass is 16.3. The molecule has 24 nitrogen and oxygen atoms in total. The highest BCUT2D eigenvalue weighted by Crippen LogP contribution is 2.14. The lowest BCUT2D eigenvalue weighted by Crippen LogP contribution is -2.61. The van der Waals surface area contributed by atoms with Gasteiger partial charge in [0, 0.05) is 49.1 Å². The number of hydrogen-bond donors (Lipinski definition) is 14. The molecule has 24 heteroatoms. The number of nitrogens with zero attached hydrogens (tertiary/aromatic N) is 2. The first-order chi connectivity index (χ1) is 37.5. The molecule has 78 heavy (non-hydrogen) atoms. The Morgan fingerprint density at radius 1 is 0.487 bits per heavy atom. The van der Waals surface area contributed by atoms with E-state index >= 15 is 0 Å². The number of imidazole rings is 2. The van der Waals surface area contributed by atoms with Crippen LogP contribution in [0.2, 0.25) is 0 Å². The number of unbranched alkanes of at least 4 members (excludes halogenated alkanes) is 14. The lowest BCUT2D eigenvalue weighted by Gasteiger charge is -2.27. The number of carbonyl (C=O) groups excluding carboxylic acids is 8. The van der Waals surface area contributed by atoms with E-state index in [-0.39, 0.29) is 50.0 Å². The SMILES string of the molecule is CCCCCCCCCCCCCCCC(=O)NC(CCCCN)C(=O)N[C@@H](CC(C)C)C(=O)N[C@@H](CO)C(=O)N[C@@H](Cc1cnc[nH]1)C(=O)N[C@@H](CO)C(=O)N[C@@H](CCCCN)C(=O)NCC(=O)N[C@H](C)Cc1cnc[nH]1. The molecule has 0 fully saturated rings. The van der Waals surface area contributed by atoms with Crippen LogP contribution in [0.4, 0.5) is 0 Å². The maximum atomic E-state index is 13.9. The number of nitrogens with one attached hydrogen (secondary N) is 10. The van der Waals surface area contributed by atoms with Crippen molar-refractivity contribution in [3.63, 3.8) is 0 Å². The second kappa shape index (κ2) is 41.1. The Morgan fingerprint density at radius 3 is 1.38 bits per heavy atom. The molecule has 8 amide bonds. The molecule has 0 aliphatic rings. The number of carbonyl (C=O) groups is 8. The third kappa shape index (κ3) is 29.7. The molecule has 16 N–H and O–H groups in total. The van der Waals surface area contributed by atoms with Gasteiger partial charge in [0.2, 0.25) is 47.3 Å². The molecule has 2 heterocycles. The lowest BCUT2D eigenvalue weighted by molar-refractivity contribution is -0.136. The van der Waals surface area contributed by atoms with Crippen molar-refractivity contribution in [2.75, 3.05) is 32.8 Å². The molecule has 0 saturated heterocycles. The largest absolute Gasteiger partial charge is 0.394 e. The topological polar surface area (TPSA) is 383 Å². The van der Waals surface area contributed by atoms with E-state index in [1.807, 2.05) is 13.8 Å². The van der Waals surface area contributed by atoms with Crippen LogP contribution in [0.25, 0.3) is 0 Å². The van der Waals surface area contributed by atoms with E-state index in [9.17, 15) is 48.6 Å². The zero-order chi connectivity index (χ0) is 57.5. The quantitative estimate of drug-likeness (QED) is 0.0415. The van der Waals surface area contributed by atoms with Crippen LogP contribution in [0, 0.1) is 5.92 Å². The molecule has 1 unspecified atom stereocenters. The van der Waals surface area contributed by atoms with Crippen molar-refractivity contribution in [3.8, 4) is 0 Å². The zero-order valence-corrected chi connectivity index (χ0v) is 46.9. The monoisotopic (exact) mass is 1100 g/mol. The molecule has 0 aliphatic heterocycles. The average molecular weight is 1100 g/mol. The Hall–Kier alpha value is -5.98. The van der Waals surface area contributed by atoms with Gasteiger partial charge in [-0.25, -0.2) is 9.97 Å². The second-order valence-electron chi connectivity index (χ2n) is 20.7. The summed E-state index contributed by atoms with van der Waals surface area (Å²) in [4.78, 5) is 122. The minimum Gasteiger partial charge on any atom is -0.394 e. The van der Waals surface area contributed by atoms with Gasteiger partial charge < -0.3 is 74.2 Å². The van der Waals surface area contributed by atoms with Crippen molar-refractivity contribution in [2.45, 2.75) is 218 Å². The van der Waals surface area contributed by atoms with Crippen molar-refractivity contribution in [3.05, 3.63) is 36.4 Å². The molecule has 2 aromatic rings. The van der Waals surface area contributed by atoms with E-state index in [2.05, 4.69) is 69.4 Å². The number of H-pyrrole nitrogens is 2. The lowest BCUT2D eigenvalue weighted by atomic mass is 10.0. The van der Waals surface area contributed by atoms with Gasteiger partial charge in [0.05, 0.1) is 32.4 Å². The van der Waals surface area contributed by atoms with Gasteiger partial charge in [0.1, 0.15) is 36.3 Å². The van der Waals surface area contributed by atoms with E-state index in [0.29, 0.717) is 57.3 Å². The number of aliphatic hydroxyl groups is 2. The van der Waals surface area contributed by atoms with Crippen LogP contribution >= 0.6 is 0 Å². The summed E-state index contributed by atoms with van der Waals surface area (Å²) >= 11 is 0. The maximum Gasteiger partial charge on any atom is 0.245 e. The highest BCUT2D eigenvalue weighted by Gasteiger charge is 2.34. The molecule has 0 aliphatic carbocycles. The first kappa shape index (κ1) is 68.1. The fraction of sp³-hybridized carbons (Fsp3) is 0.741. The Balaban J connectivity index is 2.09. The van der Waals surface area contributed by atoms with Crippen molar-refractivity contribution >= 4 is 47.3 Å². The maximum absolute atomic E-state index is 13.9. The number of hydrogen-bond acceptors (Lipinski definition) is 14. The van der Waals surface area contributed by atoms with Crippen molar-refractivity contribution < 1.29 is 48.6 Å². The van der Waals surface area contributed by atoms with Crippen LogP contribution in [0.1, 0.15) is 174 Å². The van der Waals surface area contributed by atoms with E-state index in [4.69, 9.17) is 11.5 Å². The summed E-state index contributed by atoms with van der Waals surface area (Å²) in [5.41, 5.74) is 12.6. The molecule has 0 radical (unpaired) electrons. The molecule has 0 saturated carbocycles. The molecular formula is C54H96N14O10. The molecule has 2 rings (SSSR count). The molecule has 2 aromatic heterocycles. The summed E-state index contributed by atoms with van der Waals surface area (Å²) < 4.78 is 0.